The average Bonchev–Trinajstić information content (AvgIpc) is 3.14. The molecule has 0 atom stereocenters. The number of benzene rings is 2. The molecule has 0 fully saturated rings. The molecular formula is C20H15BCl3N5O2S. The van der Waals surface area contributed by atoms with Gasteiger partial charge in [-0.3, -0.25) is 0 Å². The molecule has 4 rings (SSSR count). The van der Waals surface area contributed by atoms with Crippen LogP contribution in [0.3, 0.4) is 0 Å². The minimum absolute atomic E-state index is 0.0260. The van der Waals surface area contributed by atoms with Gasteiger partial charge in [-0.15, -0.1) is 0 Å². The first kappa shape index (κ1) is 22.9. The van der Waals surface area contributed by atoms with Gasteiger partial charge in [0.2, 0.25) is 10.0 Å². The summed E-state index contributed by atoms with van der Waals surface area (Å²) in [6.45, 7) is 0.325. The van der Waals surface area contributed by atoms with E-state index < -0.39 is 10.0 Å². The van der Waals surface area contributed by atoms with Crippen molar-refractivity contribution in [3.63, 3.8) is 0 Å². The lowest BCUT2D eigenvalue weighted by atomic mass is 10.0. The van der Waals surface area contributed by atoms with Crippen molar-refractivity contribution in [2.24, 2.45) is 0 Å². The second kappa shape index (κ2) is 9.29. The summed E-state index contributed by atoms with van der Waals surface area (Å²) < 4.78 is 29.2. The Balaban J connectivity index is 1.55. The highest BCUT2D eigenvalue weighted by molar-refractivity contribution is 7.89. The Labute approximate surface area is 201 Å². The zero-order chi connectivity index (χ0) is 22.9. The summed E-state index contributed by atoms with van der Waals surface area (Å²) in [6, 6.07) is 13.5. The zero-order valence-electron chi connectivity index (χ0n) is 16.4. The van der Waals surface area contributed by atoms with Crippen LogP contribution in [0.2, 0.25) is 15.1 Å². The zero-order valence-corrected chi connectivity index (χ0v) is 19.5. The van der Waals surface area contributed by atoms with Crippen LogP contribution in [0.25, 0.3) is 16.9 Å². The molecule has 0 aliphatic rings. The summed E-state index contributed by atoms with van der Waals surface area (Å²) in [5.74, 6) is 0.571. The standard InChI is InChI=1S/C20H15BCl3N5O2S/c21-13-11-26-29-18(10-16(28-20(13)29)12-4-1-2-5-14(12)22)25-8-9-27-32(30,31)17-7-3-6-15(23)19(17)24/h1-7,10-11,25,27H,8-9H2. The maximum Gasteiger partial charge on any atom is 0.242 e. The van der Waals surface area contributed by atoms with E-state index >= 15 is 0 Å². The first-order valence-corrected chi connectivity index (χ1v) is 12.0. The maximum atomic E-state index is 12.6. The van der Waals surface area contributed by atoms with Crippen LogP contribution in [-0.4, -0.2) is 44.0 Å². The minimum atomic E-state index is -3.84. The summed E-state index contributed by atoms with van der Waals surface area (Å²) in [6.07, 6.45) is 1.49. The van der Waals surface area contributed by atoms with Crippen molar-refractivity contribution in [1.29, 1.82) is 0 Å². The van der Waals surface area contributed by atoms with Crippen LogP contribution in [0.5, 0.6) is 0 Å². The molecule has 2 heterocycles. The number of nitrogens with zero attached hydrogens (tertiary/aromatic N) is 3. The van der Waals surface area contributed by atoms with Crippen molar-refractivity contribution in [2.75, 3.05) is 18.4 Å². The number of halogens is 3. The number of nitrogens with one attached hydrogen (secondary N) is 2. The molecule has 0 saturated heterocycles. The Hall–Kier alpha value is -2.30. The molecule has 0 aliphatic heterocycles. The van der Waals surface area contributed by atoms with E-state index in [4.69, 9.17) is 42.6 Å². The van der Waals surface area contributed by atoms with Crippen molar-refractivity contribution in [2.45, 2.75) is 4.90 Å². The molecule has 0 saturated carbocycles. The van der Waals surface area contributed by atoms with E-state index in [1.807, 2.05) is 18.2 Å². The third-order valence-electron chi connectivity index (χ3n) is 4.58. The average molecular weight is 507 g/mol. The highest BCUT2D eigenvalue weighted by atomic mass is 35.5. The quantitative estimate of drug-likeness (QED) is 0.296. The van der Waals surface area contributed by atoms with Crippen molar-refractivity contribution in [1.82, 2.24) is 19.3 Å². The number of sulfonamides is 1. The van der Waals surface area contributed by atoms with Gasteiger partial charge in [-0.25, -0.2) is 18.1 Å². The van der Waals surface area contributed by atoms with Crippen LogP contribution in [0.1, 0.15) is 0 Å². The lowest BCUT2D eigenvalue weighted by molar-refractivity contribution is 0.583. The number of aromatic nitrogens is 3. The second-order valence-corrected chi connectivity index (χ2v) is 9.65. The first-order chi connectivity index (χ1) is 15.3. The SMILES string of the molecule is [B]c1cnn2c(NCCNS(=O)(=O)c3cccc(Cl)c3Cl)cc(-c3ccccc3Cl)nc12. The highest BCUT2D eigenvalue weighted by Crippen LogP contribution is 2.29. The molecule has 32 heavy (non-hydrogen) atoms. The number of rotatable bonds is 7. The van der Waals surface area contributed by atoms with Gasteiger partial charge >= 0.3 is 0 Å². The Morgan fingerprint density at radius 2 is 1.75 bits per heavy atom. The summed E-state index contributed by atoms with van der Waals surface area (Å²) in [5, 5.41) is 8.07. The van der Waals surface area contributed by atoms with Crippen molar-refractivity contribution >= 4 is 69.6 Å². The number of fused-ring (bicyclic) bond motifs is 1. The molecule has 0 bridgehead atoms. The van der Waals surface area contributed by atoms with E-state index in [2.05, 4.69) is 20.1 Å². The molecule has 4 aromatic rings. The molecule has 2 radical (unpaired) electrons. The van der Waals surface area contributed by atoms with Crippen LogP contribution in [0.4, 0.5) is 5.82 Å². The topological polar surface area (TPSA) is 88.4 Å². The predicted octanol–water partition coefficient (Wildman–Crippen LogP) is 3.54. The van der Waals surface area contributed by atoms with Crippen molar-refractivity contribution in [3.8, 4) is 11.3 Å². The molecule has 0 amide bonds. The van der Waals surface area contributed by atoms with Gasteiger partial charge in [-0.2, -0.15) is 9.61 Å². The molecule has 12 heteroatoms. The normalized spacial score (nSPS) is 11.7. The van der Waals surface area contributed by atoms with Crippen molar-refractivity contribution in [3.05, 3.63) is 69.8 Å². The van der Waals surface area contributed by atoms with Gasteiger partial charge in [0.1, 0.15) is 18.6 Å². The van der Waals surface area contributed by atoms with E-state index in [9.17, 15) is 8.42 Å². The third kappa shape index (κ3) is 4.58. The van der Waals surface area contributed by atoms with E-state index in [0.717, 1.165) is 5.56 Å². The van der Waals surface area contributed by atoms with Gasteiger partial charge in [-0.05, 0) is 23.7 Å². The largest absolute Gasteiger partial charge is 0.369 e. The fourth-order valence-corrected chi connectivity index (χ4v) is 5.08. The minimum Gasteiger partial charge on any atom is -0.369 e. The first-order valence-electron chi connectivity index (χ1n) is 9.34. The summed E-state index contributed by atoms with van der Waals surface area (Å²) in [4.78, 5) is 4.48. The number of hydrogen-bond acceptors (Lipinski definition) is 5. The highest BCUT2D eigenvalue weighted by Gasteiger charge is 2.19. The molecule has 2 aromatic carbocycles. The fourth-order valence-electron chi connectivity index (χ4n) is 3.06. The molecule has 2 N–H and O–H groups in total. The fraction of sp³-hybridized carbons (Fsp3) is 0.100. The van der Waals surface area contributed by atoms with Gasteiger partial charge < -0.3 is 5.32 Å². The summed E-state index contributed by atoms with van der Waals surface area (Å²) in [7, 11) is 2.17. The molecule has 2 aromatic heterocycles. The van der Waals surface area contributed by atoms with Gasteiger partial charge in [0.25, 0.3) is 0 Å². The Morgan fingerprint density at radius 1 is 1.00 bits per heavy atom. The van der Waals surface area contributed by atoms with Gasteiger partial charge in [-0.1, -0.05) is 59.1 Å². The Kier molecular flexibility index (Phi) is 6.64. The summed E-state index contributed by atoms with van der Waals surface area (Å²) in [5.41, 5.74) is 2.19. The molecular weight excluding hydrogens is 491 g/mol. The second-order valence-electron chi connectivity index (χ2n) is 6.72. The van der Waals surface area contributed by atoms with Gasteiger partial charge in [0.05, 0.1) is 15.7 Å². The summed E-state index contributed by atoms with van der Waals surface area (Å²) >= 11 is 18.3. The molecule has 0 aliphatic carbocycles. The van der Waals surface area contributed by atoms with E-state index in [-0.39, 0.29) is 28.0 Å². The third-order valence-corrected chi connectivity index (χ3v) is 7.34. The molecule has 7 nitrogen and oxygen atoms in total. The van der Waals surface area contributed by atoms with Crippen LogP contribution >= 0.6 is 34.8 Å². The van der Waals surface area contributed by atoms with Gasteiger partial charge in [0.15, 0.2) is 5.65 Å². The monoisotopic (exact) mass is 505 g/mol. The van der Waals surface area contributed by atoms with Crippen molar-refractivity contribution < 1.29 is 8.42 Å². The molecule has 0 unspecified atom stereocenters. The molecule has 0 spiro atoms. The van der Waals surface area contributed by atoms with E-state index in [0.29, 0.717) is 27.6 Å². The molecule has 162 valence electrons. The smallest absolute Gasteiger partial charge is 0.242 e. The Bertz CT molecular complexity index is 1410. The van der Waals surface area contributed by atoms with Crippen LogP contribution in [-0.2, 0) is 10.0 Å². The lowest BCUT2D eigenvalue weighted by Crippen LogP contribution is -2.29. The van der Waals surface area contributed by atoms with E-state index in [1.165, 1.54) is 28.9 Å². The van der Waals surface area contributed by atoms with Gasteiger partial charge in [0, 0.05) is 35.9 Å². The predicted molar refractivity (Wildman–Crippen MR) is 129 cm³/mol. The van der Waals surface area contributed by atoms with Crippen LogP contribution < -0.4 is 15.5 Å². The number of hydrogen-bond donors (Lipinski definition) is 2. The van der Waals surface area contributed by atoms with Crippen LogP contribution in [0, 0.1) is 0 Å². The lowest BCUT2D eigenvalue weighted by Gasteiger charge is -2.13. The maximum absolute atomic E-state index is 12.6. The van der Waals surface area contributed by atoms with E-state index in [1.54, 1.807) is 12.1 Å². The Morgan fingerprint density at radius 3 is 2.53 bits per heavy atom. The van der Waals surface area contributed by atoms with Crippen LogP contribution in [0.15, 0.2) is 59.6 Å². The number of anilines is 1.